The van der Waals surface area contributed by atoms with Crippen LogP contribution in [0.2, 0.25) is 0 Å². The Hall–Kier alpha value is -1.88. The van der Waals surface area contributed by atoms with Crippen LogP contribution in [0.4, 0.5) is 0 Å². The van der Waals surface area contributed by atoms with Crippen molar-refractivity contribution in [3.63, 3.8) is 0 Å². The molecule has 0 aromatic heterocycles. The van der Waals surface area contributed by atoms with Gasteiger partial charge in [-0.2, -0.15) is 0 Å². The molecule has 1 aromatic rings. The monoisotopic (exact) mass is 290 g/mol. The van der Waals surface area contributed by atoms with Gasteiger partial charge in [0.05, 0.1) is 19.7 Å². The van der Waals surface area contributed by atoms with E-state index in [-0.39, 0.29) is 30.8 Å². The molecular formula is C16H22N2O3. The maximum Gasteiger partial charge on any atom is 0.234 e. The summed E-state index contributed by atoms with van der Waals surface area (Å²) in [6.45, 7) is 4.96. The molecule has 1 N–H and O–H groups in total. The molecule has 21 heavy (non-hydrogen) atoms. The molecule has 0 atom stereocenters. The summed E-state index contributed by atoms with van der Waals surface area (Å²) in [6, 6.07) is 5.64. The Balaban J connectivity index is 1.90. The van der Waals surface area contributed by atoms with Crippen molar-refractivity contribution in [2.24, 2.45) is 0 Å². The molecule has 1 aromatic carbocycles. The third-order valence-corrected chi connectivity index (χ3v) is 3.29. The van der Waals surface area contributed by atoms with Crippen molar-refractivity contribution in [1.82, 2.24) is 10.2 Å². The predicted octanol–water partition coefficient (Wildman–Crippen LogP) is 1.26. The third kappa shape index (κ3) is 4.29. The van der Waals surface area contributed by atoms with E-state index >= 15 is 0 Å². The molecule has 0 spiro atoms. The summed E-state index contributed by atoms with van der Waals surface area (Å²) in [4.78, 5) is 25.6. The van der Waals surface area contributed by atoms with Crippen LogP contribution < -0.4 is 10.1 Å². The molecule has 0 unspecified atom stereocenters. The van der Waals surface area contributed by atoms with Crippen LogP contribution in [0.3, 0.4) is 0 Å². The molecule has 2 rings (SSSR count). The second kappa shape index (κ2) is 6.72. The van der Waals surface area contributed by atoms with Crippen LogP contribution in [0.5, 0.6) is 5.75 Å². The second-order valence-electron chi connectivity index (χ2n) is 5.74. The van der Waals surface area contributed by atoms with Gasteiger partial charge in [0.1, 0.15) is 5.75 Å². The van der Waals surface area contributed by atoms with Crippen molar-refractivity contribution >= 4 is 11.7 Å². The Morgan fingerprint density at radius 2 is 2.10 bits per heavy atom. The lowest BCUT2D eigenvalue weighted by Crippen LogP contribution is -2.40. The first-order chi connectivity index (χ1) is 9.95. The highest BCUT2D eigenvalue weighted by Crippen LogP contribution is 2.25. The number of hydrogen-bond acceptors (Lipinski definition) is 4. The number of amides is 1. The SMILES string of the molecule is CC(C)NC(=O)CN(C)CC(=O)c1ccc2c(c1)CCO2. The number of ketones is 1. The molecule has 0 saturated carbocycles. The molecule has 0 bridgehead atoms. The van der Waals surface area contributed by atoms with Gasteiger partial charge in [0.2, 0.25) is 5.91 Å². The van der Waals surface area contributed by atoms with E-state index in [0.29, 0.717) is 12.2 Å². The topological polar surface area (TPSA) is 58.6 Å². The largest absolute Gasteiger partial charge is 0.493 e. The van der Waals surface area contributed by atoms with E-state index in [1.807, 2.05) is 26.0 Å². The first-order valence-corrected chi connectivity index (χ1v) is 7.22. The molecule has 0 fully saturated rings. The smallest absolute Gasteiger partial charge is 0.234 e. The lowest BCUT2D eigenvalue weighted by atomic mass is 10.1. The molecule has 0 radical (unpaired) electrons. The normalized spacial score (nSPS) is 13.2. The van der Waals surface area contributed by atoms with E-state index in [9.17, 15) is 9.59 Å². The first-order valence-electron chi connectivity index (χ1n) is 7.22. The van der Waals surface area contributed by atoms with Crippen molar-refractivity contribution in [1.29, 1.82) is 0 Å². The van der Waals surface area contributed by atoms with Gasteiger partial charge >= 0.3 is 0 Å². The fourth-order valence-corrected chi connectivity index (χ4v) is 2.37. The zero-order chi connectivity index (χ0) is 15.4. The molecular weight excluding hydrogens is 268 g/mol. The number of rotatable bonds is 6. The summed E-state index contributed by atoms with van der Waals surface area (Å²) in [5.74, 6) is 0.823. The minimum atomic E-state index is -0.0670. The van der Waals surface area contributed by atoms with Gasteiger partial charge in [-0.25, -0.2) is 0 Å². The number of nitrogens with one attached hydrogen (secondary N) is 1. The molecule has 0 saturated heterocycles. The average Bonchev–Trinajstić information content (AvgIpc) is 2.84. The highest BCUT2D eigenvalue weighted by atomic mass is 16.5. The number of ether oxygens (including phenoxy) is 1. The molecule has 1 heterocycles. The van der Waals surface area contributed by atoms with Gasteiger partial charge in [-0.1, -0.05) is 0 Å². The Kier molecular flexibility index (Phi) is 4.96. The van der Waals surface area contributed by atoms with E-state index in [4.69, 9.17) is 4.74 Å². The average molecular weight is 290 g/mol. The zero-order valence-corrected chi connectivity index (χ0v) is 12.8. The molecule has 5 heteroatoms. The summed E-state index contributed by atoms with van der Waals surface area (Å²) in [5, 5.41) is 2.81. The molecule has 1 amide bonds. The van der Waals surface area contributed by atoms with Gasteiger partial charge in [-0.15, -0.1) is 0 Å². The molecule has 0 aliphatic carbocycles. The fraction of sp³-hybridized carbons (Fsp3) is 0.500. The molecule has 114 valence electrons. The maximum atomic E-state index is 12.2. The Labute approximate surface area is 125 Å². The highest BCUT2D eigenvalue weighted by Gasteiger charge is 2.17. The lowest BCUT2D eigenvalue weighted by molar-refractivity contribution is -0.122. The van der Waals surface area contributed by atoms with Crippen molar-refractivity contribution in [3.05, 3.63) is 29.3 Å². The van der Waals surface area contributed by atoms with Gasteiger partial charge in [0.15, 0.2) is 5.78 Å². The zero-order valence-electron chi connectivity index (χ0n) is 12.8. The minimum absolute atomic E-state index is 0.0181. The minimum Gasteiger partial charge on any atom is -0.493 e. The van der Waals surface area contributed by atoms with E-state index in [1.54, 1.807) is 18.0 Å². The number of likely N-dealkylation sites (N-methyl/N-ethyl adjacent to an activating group) is 1. The molecule has 1 aliphatic rings. The Bertz CT molecular complexity index is 540. The Morgan fingerprint density at radius 1 is 1.33 bits per heavy atom. The van der Waals surface area contributed by atoms with Crippen LogP contribution in [-0.4, -0.2) is 49.4 Å². The number of nitrogens with zero attached hydrogens (tertiary/aromatic N) is 1. The van der Waals surface area contributed by atoms with Crippen LogP contribution in [0.1, 0.15) is 29.8 Å². The van der Waals surface area contributed by atoms with Crippen LogP contribution in [-0.2, 0) is 11.2 Å². The number of Topliss-reactive ketones (excluding diaryl/α,β-unsaturated/α-hetero) is 1. The standard InChI is InChI=1S/C16H22N2O3/c1-11(2)17-16(20)10-18(3)9-14(19)12-4-5-15-13(8-12)6-7-21-15/h4-5,8,11H,6-7,9-10H2,1-3H3,(H,17,20). The number of hydrogen-bond donors (Lipinski definition) is 1. The second-order valence-corrected chi connectivity index (χ2v) is 5.74. The summed E-state index contributed by atoms with van der Waals surface area (Å²) in [5.41, 5.74) is 1.76. The highest BCUT2D eigenvalue weighted by molar-refractivity contribution is 5.98. The van der Waals surface area contributed by atoms with E-state index in [0.717, 1.165) is 17.7 Å². The van der Waals surface area contributed by atoms with E-state index in [1.165, 1.54) is 0 Å². The number of carbonyl (C=O) groups excluding carboxylic acids is 2. The van der Waals surface area contributed by atoms with Crippen molar-refractivity contribution < 1.29 is 14.3 Å². The number of fused-ring (bicyclic) bond motifs is 1. The fourth-order valence-electron chi connectivity index (χ4n) is 2.37. The van der Waals surface area contributed by atoms with E-state index in [2.05, 4.69) is 5.32 Å². The molecule has 1 aliphatic heterocycles. The quantitative estimate of drug-likeness (QED) is 0.801. The number of benzene rings is 1. The lowest BCUT2D eigenvalue weighted by Gasteiger charge is -2.16. The van der Waals surface area contributed by atoms with Gasteiger partial charge in [0.25, 0.3) is 0 Å². The van der Waals surface area contributed by atoms with Gasteiger partial charge < -0.3 is 10.1 Å². The van der Waals surface area contributed by atoms with Crippen molar-refractivity contribution in [2.45, 2.75) is 26.3 Å². The van der Waals surface area contributed by atoms with Crippen LogP contribution in [0.25, 0.3) is 0 Å². The summed E-state index contributed by atoms with van der Waals surface area (Å²) >= 11 is 0. The predicted molar refractivity (Wildman–Crippen MR) is 80.7 cm³/mol. The van der Waals surface area contributed by atoms with E-state index < -0.39 is 0 Å². The number of carbonyl (C=O) groups is 2. The first kappa shape index (κ1) is 15.5. The van der Waals surface area contributed by atoms with Crippen molar-refractivity contribution in [3.8, 4) is 5.75 Å². The maximum absolute atomic E-state index is 12.2. The van der Waals surface area contributed by atoms with Crippen molar-refractivity contribution in [2.75, 3.05) is 26.7 Å². The Morgan fingerprint density at radius 3 is 2.81 bits per heavy atom. The van der Waals surface area contributed by atoms with Crippen LogP contribution in [0.15, 0.2) is 18.2 Å². The summed E-state index contributed by atoms with van der Waals surface area (Å²) in [7, 11) is 1.77. The molecule has 5 nitrogen and oxygen atoms in total. The summed E-state index contributed by atoms with van der Waals surface area (Å²) in [6.07, 6.45) is 0.850. The van der Waals surface area contributed by atoms with Gasteiger partial charge in [0, 0.05) is 18.0 Å². The van der Waals surface area contributed by atoms with Gasteiger partial charge in [-0.3, -0.25) is 14.5 Å². The third-order valence-electron chi connectivity index (χ3n) is 3.29. The van der Waals surface area contributed by atoms with Crippen LogP contribution >= 0.6 is 0 Å². The summed E-state index contributed by atoms with van der Waals surface area (Å²) < 4.78 is 5.43. The van der Waals surface area contributed by atoms with Crippen LogP contribution in [0, 0.1) is 0 Å². The van der Waals surface area contributed by atoms with Gasteiger partial charge in [-0.05, 0) is 44.7 Å².